The predicted octanol–water partition coefficient (Wildman–Crippen LogP) is 1.09. The molecule has 2 rings (SSSR count). The van der Waals surface area contributed by atoms with E-state index in [4.69, 9.17) is 4.52 Å². The molecule has 0 aliphatic rings. The van der Waals surface area contributed by atoms with E-state index in [2.05, 4.69) is 15.8 Å². The summed E-state index contributed by atoms with van der Waals surface area (Å²) in [4.78, 5) is 23.4. The molecule has 7 nitrogen and oxygen atoms in total. The van der Waals surface area contributed by atoms with Crippen LogP contribution in [0.15, 0.2) is 27.4 Å². The Kier molecular flexibility index (Phi) is 4.94. The van der Waals surface area contributed by atoms with Gasteiger partial charge in [-0.2, -0.15) is 11.3 Å². The maximum Gasteiger partial charge on any atom is 0.314 e. The summed E-state index contributed by atoms with van der Waals surface area (Å²) in [6.07, 6.45) is 0.390. The third-order valence-corrected chi connectivity index (χ3v) is 3.60. The molecule has 0 fully saturated rings. The lowest BCUT2D eigenvalue weighted by molar-refractivity contribution is -0.136. The second kappa shape index (κ2) is 6.71. The summed E-state index contributed by atoms with van der Waals surface area (Å²) in [5.74, 6) is -1.01. The normalized spacial score (nSPS) is 13.4. The van der Waals surface area contributed by atoms with Gasteiger partial charge in [0, 0.05) is 19.0 Å². The minimum atomic E-state index is -1.14. The first kappa shape index (κ1) is 16.2. The molecule has 2 heterocycles. The van der Waals surface area contributed by atoms with Gasteiger partial charge in [0.05, 0.1) is 5.60 Å². The largest absolute Gasteiger partial charge is 0.388 e. The van der Waals surface area contributed by atoms with Gasteiger partial charge in [-0.3, -0.25) is 14.9 Å². The molecule has 0 spiro atoms. The molecule has 0 saturated carbocycles. The Labute approximate surface area is 131 Å². The molecule has 2 amide bonds. The minimum Gasteiger partial charge on any atom is -0.388 e. The molecule has 8 heteroatoms. The molecule has 0 bridgehead atoms. The molecule has 2 aromatic rings. The van der Waals surface area contributed by atoms with Crippen molar-refractivity contribution in [2.75, 3.05) is 11.9 Å². The molecule has 0 radical (unpaired) electrons. The van der Waals surface area contributed by atoms with Crippen LogP contribution in [-0.2, 0) is 16.0 Å². The van der Waals surface area contributed by atoms with Crippen molar-refractivity contribution in [1.29, 1.82) is 0 Å². The van der Waals surface area contributed by atoms with E-state index >= 15 is 0 Å². The maximum atomic E-state index is 11.7. The number of aromatic nitrogens is 1. The number of hydrogen-bond acceptors (Lipinski definition) is 6. The number of carbonyl (C=O) groups excluding carboxylic acids is 2. The topological polar surface area (TPSA) is 104 Å². The number of carbonyl (C=O) groups is 2. The monoisotopic (exact) mass is 323 g/mol. The number of hydrogen-bond donors (Lipinski definition) is 3. The first-order chi connectivity index (χ1) is 10.4. The summed E-state index contributed by atoms with van der Waals surface area (Å²) in [6, 6.07) is 3.40. The molecule has 0 aliphatic carbocycles. The van der Waals surface area contributed by atoms with E-state index in [-0.39, 0.29) is 12.4 Å². The van der Waals surface area contributed by atoms with Gasteiger partial charge in [-0.05, 0) is 36.2 Å². The molecule has 118 valence electrons. The zero-order chi connectivity index (χ0) is 16.2. The smallest absolute Gasteiger partial charge is 0.314 e. The number of rotatable bonds is 5. The van der Waals surface area contributed by atoms with Crippen molar-refractivity contribution in [3.8, 4) is 0 Å². The van der Waals surface area contributed by atoms with Crippen LogP contribution in [0.3, 0.4) is 0 Å². The van der Waals surface area contributed by atoms with E-state index in [0.717, 1.165) is 5.56 Å². The average molecular weight is 323 g/mol. The van der Waals surface area contributed by atoms with E-state index in [1.807, 2.05) is 16.8 Å². The predicted molar refractivity (Wildman–Crippen MR) is 81.5 cm³/mol. The first-order valence-corrected chi connectivity index (χ1v) is 7.56. The number of nitrogens with one attached hydrogen (secondary N) is 2. The van der Waals surface area contributed by atoms with E-state index in [1.54, 1.807) is 13.8 Å². The van der Waals surface area contributed by atoms with E-state index < -0.39 is 17.4 Å². The molecular formula is C14H17N3O4S. The Hall–Kier alpha value is -2.19. The molecule has 1 unspecified atom stereocenters. The number of amides is 2. The highest BCUT2D eigenvalue weighted by atomic mass is 32.1. The summed E-state index contributed by atoms with van der Waals surface area (Å²) in [5, 5.41) is 22.4. The van der Waals surface area contributed by atoms with Crippen LogP contribution >= 0.6 is 11.3 Å². The average Bonchev–Trinajstić information content (AvgIpc) is 3.07. The van der Waals surface area contributed by atoms with Crippen molar-refractivity contribution in [2.24, 2.45) is 0 Å². The lowest BCUT2D eigenvalue weighted by Gasteiger charge is -2.23. The van der Waals surface area contributed by atoms with Gasteiger partial charge in [-0.15, -0.1) is 0 Å². The summed E-state index contributed by atoms with van der Waals surface area (Å²) in [7, 11) is 0. The van der Waals surface area contributed by atoms with E-state index in [1.165, 1.54) is 17.4 Å². The van der Waals surface area contributed by atoms with E-state index in [9.17, 15) is 14.7 Å². The SMILES string of the molecule is Cc1cc(NC(=O)C(=O)NCC(C)(O)Cc2ccsc2)no1. The number of aliphatic hydroxyl groups is 1. The van der Waals surface area contributed by atoms with Crippen molar-refractivity contribution in [3.63, 3.8) is 0 Å². The lowest BCUT2D eigenvalue weighted by Crippen LogP contribution is -2.45. The molecular weight excluding hydrogens is 306 g/mol. The first-order valence-electron chi connectivity index (χ1n) is 6.62. The second-order valence-electron chi connectivity index (χ2n) is 5.26. The third kappa shape index (κ3) is 4.68. The fraction of sp³-hybridized carbons (Fsp3) is 0.357. The van der Waals surface area contributed by atoms with Crippen LogP contribution < -0.4 is 10.6 Å². The number of thiophene rings is 1. The van der Waals surface area contributed by atoms with Crippen molar-refractivity contribution < 1.29 is 19.2 Å². The molecule has 1 atom stereocenters. The Bertz CT molecular complexity index is 649. The van der Waals surface area contributed by atoms with Crippen molar-refractivity contribution in [3.05, 3.63) is 34.2 Å². The van der Waals surface area contributed by atoms with Gasteiger partial charge in [0.15, 0.2) is 5.82 Å². The van der Waals surface area contributed by atoms with Crippen molar-refractivity contribution in [1.82, 2.24) is 10.5 Å². The molecule has 0 saturated heterocycles. The van der Waals surface area contributed by atoms with Crippen LogP contribution in [0.2, 0.25) is 0 Å². The Morgan fingerprint density at radius 1 is 1.45 bits per heavy atom. The van der Waals surface area contributed by atoms with Crippen LogP contribution in [0, 0.1) is 6.92 Å². The molecule has 3 N–H and O–H groups in total. The number of aryl methyl sites for hydroxylation is 1. The van der Waals surface area contributed by atoms with E-state index in [0.29, 0.717) is 12.2 Å². The molecule has 22 heavy (non-hydrogen) atoms. The third-order valence-electron chi connectivity index (χ3n) is 2.87. The van der Waals surface area contributed by atoms with Gasteiger partial charge in [0.2, 0.25) is 0 Å². The number of anilines is 1. The van der Waals surface area contributed by atoms with Gasteiger partial charge in [-0.1, -0.05) is 5.16 Å². The van der Waals surface area contributed by atoms with Crippen LogP contribution in [0.1, 0.15) is 18.2 Å². The fourth-order valence-corrected chi connectivity index (χ4v) is 2.51. The molecule has 2 aromatic heterocycles. The Morgan fingerprint density at radius 2 is 2.23 bits per heavy atom. The quantitative estimate of drug-likeness (QED) is 0.715. The molecule has 0 aliphatic heterocycles. The highest BCUT2D eigenvalue weighted by molar-refractivity contribution is 7.07. The number of nitrogens with zero attached hydrogens (tertiary/aromatic N) is 1. The summed E-state index contributed by atoms with van der Waals surface area (Å²) < 4.78 is 4.78. The van der Waals surface area contributed by atoms with Crippen LogP contribution in [0.5, 0.6) is 0 Å². The van der Waals surface area contributed by atoms with Crippen molar-refractivity contribution >= 4 is 29.0 Å². The Balaban J connectivity index is 1.82. The maximum absolute atomic E-state index is 11.7. The van der Waals surface area contributed by atoms with Gasteiger partial charge in [-0.25, -0.2) is 0 Å². The second-order valence-corrected chi connectivity index (χ2v) is 6.04. The van der Waals surface area contributed by atoms with Gasteiger partial charge in [0.25, 0.3) is 0 Å². The highest BCUT2D eigenvalue weighted by Crippen LogP contribution is 2.15. The van der Waals surface area contributed by atoms with Crippen LogP contribution in [-0.4, -0.2) is 34.2 Å². The summed E-state index contributed by atoms with van der Waals surface area (Å²) in [5.41, 5.74) is -0.159. The van der Waals surface area contributed by atoms with Gasteiger partial charge in [0.1, 0.15) is 5.76 Å². The summed E-state index contributed by atoms with van der Waals surface area (Å²) in [6.45, 7) is 3.24. The highest BCUT2D eigenvalue weighted by Gasteiger charge is 2.24. The minimum absolute atomic E-state index is 0.0348. The Morgan fingerprint density at radius 3 is 2.82 bits per heavy atom. The standard InChI is InChI=1S/C14H17N3O4S/c1-9-5-11(17-21-9)16-13(19)12(18)15-8-14(2,20)6-10-3-4-22-7-10/h3-5,7,20H,6,8H2,1-2H3,(H,15,18)(H,16,17,19). The van der Waals surface area contributed by atoms with Crippen LogP contribution in [0.25, 0.3) is 0 Å². The fourth-order valence-electron chi connectivity index (χ4n) is 1.84. The van der Waals surface area contributed by atoms with Crippen molar-refractivity contribution in [2.45, 2.75) is 25.9 Å². The lowest BCUT2D eigenvalue weighted by atomic mass is 9.98. The zero-order valence-corrected chi connectivity index (χ0v) is 13.1. The van der Waals surface area contributed by atoms with Gasteiger partial charge >= 0.3 is 11.8 Å². The molecule has 0 aromatic carbocycles. The van der Waals surface area contributed by atoms with Gasteiger partial charge < -0.3 is 14.9 Å². The van der Waals surface area contributed by atoms with Crippen LogP contribution in [0.4, 0.5) is 5.82 Å². The zero-order valence-electron chi connectivity index (χ0n) is 12.3. The summed E-state index contributed by atoms with van der Waals surface area (Å²) >= 11 is 1.53.